The summed E-state index contributed by atoms with van der Waals surface area (Å²) in [6, 6.07) is 52.7. The number of aromatic nitrogens is 1. The molecule has 2 nitrogen and oxygen atoms in total. The summed E-state index contributed by atoms with van der Waals surface area (Å²) in [5, 5.41) is 10.2. The van der Waals surface area contributed by atoms with Crippen molar-refractivity contribution in [2.75, 3.05) is 5.32 Å². The number of rotatable bonds is 3. The van der Waals surface area contributed by atoms with Crippen molar-refractivity contribution < 1.29 is 0 Å². The van der Waals surface area contributed by atoms with Gasteiger partial charge in [0.1, 0.15) is 5.01 Å². The minimum absolute atomic E-state index is 0.0369. The van der Waals surface area contributed by atoms with Gasteiger partial charge in [0.2, 0.25) is 0 Å². The topological polar surface area (TPSA) is 24.9 Å². The second kappa shape index (κ2) is 9.65. The van der Waals surface area contributed by atoms with Crippen molar-refractivity contribution in [1.82, 2.24) is 4.98 Å². The zero-order chi connectivity index (χ0) is 28.3. The molecule has 3 heteroatoms. The molecule has 202 valence electrons. The molecule has 0 saturated heterocycles. The third kappa shape index (κ3) is 3.89. The van der Waals surface area contributed by atoms with E-state index in [1.165, 1.54) is 65.3 Å². The van der Waals surface area contributed by atoms with Crippen molar-refractivity contribution in [2.45, 2.75) is 6.04 Å². The normalized spacial score (nSPS) is 14.0. The van der Waals surface area contributed by atoms with Crippen molar-refractivity contribution >= 4 is 48.8 Å². The Labute approximate surface area is 253 Å². The molecule has 0 amide bonds. The highest BCUT2D eigenvalue weighted by Crippen LogP contribution is 2.50. The monoisotopic (exact) mass is 566 g/mol. The molecule has 1 atom stereocenters. The molecule has 1 N–H and O–H groups in total. The Hall–Kier alpha value is -5.25. The number of nitrogens with zero attached hydrogens (tertiary/aromatic N) is 1. The summed E-state index contributed by atoms with van der Waals surface area (Å²) >= 11 is 1.74. The van der Waals surface area contributed by atoms with Gasteiger partial charge in [-0.1, -0.05) is 127 Å². The predicted molar refractivity (Wildman–Crippen MR) is 183 cm³/mol. The third-order valence-electron chi connectivity index (χ3n) is 8.76. The first-order valence-electron chi connectivity index (χ1n) is 14.7. The maximum absolute atomic E-state index is 4.84. The number of para-hydroxylation sites is 2. The Morgan fingerprint density at radius 2 is 1.09 bits per heavy atom. The van der Waals surface area contributed by atoms with Crippen LogP contribution in [0.2, 0.25) is 0 Å². The Kier molecular flexibility index (Phi) is 5.47. The van der Waals surface area contributed by atoms with Crippen LogP contribution < -0.4 is 5.32 Å². The third-order valence-corrected chi connectivity index (χ3v) is 9.85. The van der Waals surface area contributed by atoms with E-state index in [9.17, 15) is 0 Å². The SMILES string of the molecule is c1ccc2c(c1)NC(c1ccc(-c3ccc(-c4nc5ccccc5s4)cc3)cc1)c1c-2c2ccccc2c2ccccc12. The summed E-state index contributed by atoms with van der Waals surface area (Å²) < 4.78 is 1.22. The molecule has 1 aliphatic heterocycles. The lowest BCUT2D eigenvalue weighted by molar-refractivity contribution is 0.943. The summed E-state index contributed by atoms with van der Waals surface area (Å²) in [7, 11) is 0. The molecule has 2 heterocycles. The van der Waals surface area contributed by atoms with Crippen LogP contribution in [0.15, 0.2) is 146 Å². The molecule has 43 heavy (non-hydrogen) atoms. The maximum atomic E-state index is 4.84. The number of thiazole rings is 1. The predicted octanol–water partition coefficient (Wildman–Crippen LogP) is 11.1. The number of fused-ring (bicyclic) bond motifs is 9. The molecule has 1 aromatic heterocycles. The molecule has 8 aromatic rings. The van der Waals surface area contributed by atoms with Gasteiger partial charge in [-0.3, -0.25) is 0 Å². The zero-order valence-electron chi connectivity index (χ0n) is 23.3. The molecule has 7 aromatic carbocycles. The summed E-state index contributed by atoms with van der Waals surface area (Å²) in [5.41, 5.74) is 11.0. The number of benzene rings is 7. The molecular formula is C40H26N2S. The van der Waals surface area contributed by atoms with E-state index >= 15 is 0 Å². The van der Waals surface area contributed by atoms with Gasteiger partial charge in [0, 0.05) is 16.8 Å². The standard InChI is InChI=1S/C40H26N2S/c1-3-11-31-29(9-1)30-10-2-4-12-32(30)38-37(31)33-13-5-6-14-34(33)41-39(38)27-21-17-25(18-22-27)26-19-23-28(24-20-26)40-42-35-15-7-8-16-36(35)43-40/h1-24,39,41H. The first-order valence-corrected chi connectivity index (χ1v) is 15.5. The lowest BCUT2D eigenvalue weighted by Crippen LogP contribution is -2.19. The largest absolute Gasteiger partial charge is 0.374 e. The number of hydrogen-bond donors (Lipinski definition) is 1. The first kappa shape index (κ1) is 24.4. The van der Waals surface area contributed by atoms with Crippen LogP contribution in [0.25, 0.3) is 64.6 Å². The molecule has 1 aliphatic rings. The van der Waals surface area contributed by atoms with E-state index in [4.69, 9.17) is 4.98 Å². The Morgan fingerprint density at radius 1 is 0.512 bits per heavy atom. The average Bonchev–Trinajstić information content (AvgIpc) is 3.52. The van der Waals surface area contributed by atoms with E-state index in [2.05, 4.69) is 145 Å². The van der Waals surface area contributed by atoms with Crippen LogP contribution in [0, 0.1) is 0 Å². The number of anilines is 1. The number of hydrogen-bond acceptors (Lipinski definition) is 3. The van der Waals surface area contributed by atoms with E-state index < -0.39 is 0 Å². The minimum Gasteiger partial charge on any atom is -0.374 e. The van der Waals surface area contributed by atoms with Gasteiger partial charge in [0.25, 0.3) is 0 Å². The summed E-state index contributed by atoms with van der Waals surface area (Å²) in [4.78, 5) is 4.84. The molecule has 0 bridgehead atoms. The van der Waals surface area contributed by atoms with Crippen molar-refractivity contribution in [2.24, 2.45) is 0 Å². The molecule has 0 spiro atoms. The van der Waals surface area contributed by atoms with Crippen LogP contribution in [-0.2, 0) is 0 Å². The fourth-order valence-corrected chi connectivity index (χ4v) is 7.70. The Balaban J connectivity index is 1.13. The van der Waals surface area contributed by atoms with Crippen LogP contribution >= 0.6 is 11.3 Å². The van der Waals surface area contributed by atoms with Gasteiger partial charge in [-0.15, -0.1) is 11.3 Å². The molecule has 1 unspecified atom stereocenters. The first-order chi connectivity index (χ1) is 21.3. The second-order valence-electron chi connectivity index (χ2n) is 11.2. The smallest absolute Gasteiger partial charge is 0.124 e. The zero-order valence-corrected chi connectivity index (χ0v) is 24.1. The average molecular weight is 567 g/mol. The van der Waals surface area contributed by atoms with Crippen LogP contribution in [-0.4, -0.2) is 4.98 Å². The Bertz CT molecular complexity index is 2280. The van der Waals surface area contributed by atoms with E-state index in [-0.39, 0.29) is 6.04 Å². The van der Waals surface area contributed by atoms with E-state index in [0.29, 0.717) is 0 Å². The van der Waals surface area contributed by atoms with Gasteiger partial charge >= 0.3 is 0 Å². The van der Waals surface area contributed by atoms with Gasteiger partial charge in [0.05, 0.1) is 16.3 Å². The van der Waals surface area contributed by atoms with Gasteiger partial charge in [-0.2, -0.15) is 0 Å². The summed E-state index contributed by atoms with van der Waals surface area (Å²) in [5.74, 6) is 0. The highest BCUT2D eigenvalue weighted by atomic mass is 32.1. The molecule has 0 saturated carbocycles. The van der Waals surface area contributed by atoms with E-state index in [1.54, 1.807) is 11.3 Å². The van der Waals surface area contributed by atoms with Crippen LogP contribution in [0.4, 0.5) is 5.69 Å². The lowest BCUT2D eigenvalue weighted by atomic mass is 9.80. The lowest BCUT2D eigenvalue weighted by Gasteiger charge is -2.33. The summed E-state index contributed by atoms with van der Waals surface area (Å²) in [6.07, 6.45) is 0. The van der Waals surface area contributed by atoms with E-state index in [1.807, 2.05) is 6.07 Å². The van der Waals surface area contributed by atoms with Gasteiger partial charge in [-0.05, 0) is 67.6 Å². The van der Waals surface area contributed by atoms with E-state index in [0.717, 1.165) is 16.1 Å². The molecular weight excluding hydrogens is 541 g/mol. The molecule has 0 aliphatic carbocycles. The van der Waals surface area contributed by atoms with Gasteiger partial charge < -0.3 is 5.32 Å². The van der Waals surface area contributed by atoms with Crippen molar-refractivity contribution in [1.29, 1.82) is 0 Å². The quantitative estimate of drug-likeness (QED) is 0.215. The van der Waals surface area contributed by atoms with Gasteiger partial charge in [-0.25, -0.2) is 4.98 Å². The summed E-state index contributed by atoms with van der Waals surface area (Å²) in [6.45, 7) is 0. The second-order valence-corrected chi connectivity index (χ2v) is 12.2. The maximum Gasteiger partial charge on any atom is 0.124 e. The van der Waals surface area contributed by atoms with Crippen molar-refractivity contribution in [3.8, 4) is 32.8 Å². The van der Waals surface area contributed by atoms with Crippen molar-refractivity contribution in [3.05, 3.63) is 157 Å². The molecule has 0 radical (unpaired) electrons. The van der Waals surface area contributed by atoms with Crippen LogP contribution in [0.1, 0.15) is 17.2 Å². The minimum atomic E-state index is 0.0369. The Morgan fingerprint density at radius 3 is 1.86 bits per heavy atom. The van der Waals surface area contributed by atoms with Crippen molar-refractivity contribution in [3.63, 3.8) is 0 Å². The molecule has 9 rings (SSSR count). The van der Waals surface area contributed by atoms with Gasteiger partial charge in [0.15, 0.2) is 0 Å². The highest BCUT2D eigenvalue weighted by molar-refractivity contribution is 7.21. The van der Waals surface area contributed by atoms with Crippen LogP contribution in [0.5, 0.6) is 0 Å². The highest BCUT2D eigenvalue weighted by Gasteiger charge is 2.29. The number of nitrogens with one attached hydrogen (secondary N) is 1. The molecule has 0 fully saturated rings. The van der Waals surface area contributed by atoms with Crippen LogP contribution in [0.3, 0.4) is 0 Å². The fraction of sp³-hybridized carbons (Fsp3) is 0.0250. The fourth-order valence-electron chi connectivity index (χ4n) is 6.73.